The van der Waals surface area contributed by atoms with Gasteiger partial charge in [-0.25, -0.2) is 0 Å². The van der Waals surface area contributed by atoms with Gasteiger partial charge in [0.2, 0.25) is 0 Å². The number of anilines is 1. The minimum atomic E-state index is -0.767. The lowest BCUT2D eigenvalue weighted by Gasteiger charge is -2.33. The highest BCUT2D eigenvalue weighted by Gasteiger charge is 2.31. The number of benzene rings is 1. The van der Waals surface area contributed by atoms with Gasteiger partial charge in [0.15, 0.2) is 0 Å². The van der Waals surface area contributed by atoms with Crippen LogP contribution in [0.5, 0.6) is 0 Å². The van der Waals surface area contributed by atoms with Crippen molar-refractivity contribution in [3.8, 4) is 0 Å². The number of halogens is 1. The normalized spacial score (nSPS) is 12.9. The highest BCUT2D eigenvalue weighted by atomic mass is 35.5. The molecule has 0 radical (unpaired) electrons. The Balaban J connectivity index is 2.56. The number of carbonyl (C=O) groups excluding carboxylic acids is 2. The van der Waals surface area contributed by atoms with Crippen LogP contribution in [0.2, 0.25) is 5.02 Å². The van der Waals surface area contributed by atoms with E-state index in [-0.39, 0.29) is 12.5 Å². The maximum atomic E-state index is 11.8. The zero-order valence-electron chi connectivity index (χ0n) is 13.3. The third-order valence-corrected chi connectivity index (χ3v) is 3.66. The Morgan fingerprint density at radius 1 is 1.27 bits per heavy atom. The molecule has 0 spiro atoms. The Morgan fingerprint density at radius 3 is 2.45 bits per heavy atom. The summed E-state index contributed by atoms with van der Waals surface area (Å²) in [6.45, 7) is 7.69. The molecule has 1 unspecified atom stereocenters. The van der Waals surface area contributed by atoms with Crippen LogP contribution in [0.4, 0.5) is 5.69 Å². The Kier molecular flexibility index (Phi) is 6.38. The molecule has 1 aromatic carbocycles. The molecule has 3 N–H and O–H groups in total. The van der Waals surface area contributed by atoms with Gasteiger partial charge < -0.3 is 15.7 Å². The van der Waals surface area contributed by atoms with E-state index in [0.717, 1.165) is 0 Å². The van der Waals surface area contributed by atoms with E-state index in [2.05, 4.69) is 10.6 Å². The highest BCUT2D eigenvalue weighted by Crippen LogP contribution is 2.25. The minimum absolute atomic E-state index is 0.0622. The first-order chi connectivity index (χ1) is 10.1. The molecule has 0 bridgehead atoms. The number of hydrogen-bond acceptors (Lipinski definition) is 3. The summed E-state index contributed by atoms with van der Waals surface area (Å²) in [5.41, 5.74) is -0.0747. The largest absolute Gasteiger partial charge is 0.392 e. The molecular formula is C16H23ClN2O3. The van der Waals surface area contributed by atoms with Crippen molar-refractivity contribution >= 4 is 29.1 Å². The molecular weight excluding hydrogens is 304 g/mol. The Bertz CT molecular complexity index is 544. The van der Waals surface area contributed by atoms with Gasteiger partial charge in [-0.3, -0.25) is 9.59 Å². The Labute approximate surface area is 136 Å². The van der Waals surface area contributed by atoms with E-state index in [1.807, 2.05) is 27.7 Å². The molecule has 1 aromatic rings. The lowest BCUT2D eigenvalue weighted by molar-refractivity contribution is -0.136. The van der Waals surface area contributed by atoms with Crippen LogP contribution in [0.25, 0.3) is 0 Å². The summed E-state index contributed by atoms with van der Waals surface area (Å²) in [6, 6.07) is 6.55. The smallest absolute Gasteiger partial charge is 0.313 e. The summed E-state index contributed by atoms with van der Waals surface area (Å²) in [5.74, 6) is -1.45. The second-order valence-electron chi connectivity index (χ2n) is 6.32. The Hall–Kier alpha value is -1.59. The van der Waals surface area contributed by atoms with Crippen molar-refractivity contribution in [3.63, 3.8) is 0 Å². The van der Waals surface area contributed by atoms with E-state index >= 15 is 0 Å². The molecule has 0 heterocycles. The van der Waals surface area contributed by atoms with Gasteiger partial charge in [-0.15, -0.1) is 0 Å². The number of rotatable bonds is 5. The lowest BCUT2D eigenvalue weighted by Crippen LogP contribution is -2.46. The predicted molar refractivity (Wildman–Crippen MR) is 87.7 cm³/mol. The van der Waals surface area contributed by atoms with Crippen LogP contribution in [-0.4, -0.2) is 29.6 Å². The van der Waals surface area contributed by atoms with E-state index in [0.29, 0.717) is 10.7 Å². The molecule has 1 rings (SSSR count). The van der Waals surface area contributed by atoms with Crippen LogP contribution in [0.1, 0.15) is 27.7 Å². The third kappa shape index (κ3) is 5.31. The van der Waals surface area contributed by atoms with Crippen molar-refractivity contribution in [2.45, 2.75) is 33.8 Å². The molecule has 2 amide bonds. The van der Waals surface area contributed by atoms with Crippen molar-refractivity contribution in [3.05, 3.63) is 29.3 Å². The minimum Gasteiger partial charge on any atom is -0.392 e. The van der Waals surface area contributed by atoms with E-state index < -0.39 is 23.3 Å². The first kappa shape index (κ1) is 18.5. The topological polar surface area (TPSA) is 78.4 Å². The van der Waals surface area contributed by atoms with Crippen LogP contribution in [0, 0.1) is 11.3 Å². The molecule has 1 atom stereocenters. The number of nitrogens with one attached hydrogen (secondary N) is 2. The Morgan fingerprint density at radius 2 is 1.91 bits per heavy atom. The van der Waals surface area contributed by atoms with Gasteiger partial charge in [0, 0.05) is 22.7 Å². The molecule has 0 aliphatic carbocycles. The number of carbonyl (C=O) groups is 2. The monoisotopic (exact) mass is 326 g/mol. The van der Waals surface area contributed by atoms with Gasteiger partial charge >= 0.3 is 11.8 Å². The zero-order valence-corrected chi connectivity index (χ0v) is 14.1. The third-order valence-electron chi connectivity index (χ3n) is 3.43. The van der Waals surface area contributed by atoms with Gasteiger partial charge in [0.25, 0.3) is 0 Å². The summed E-state index contributed by atoms with van der Waals surface area (Å²) in [6.07, 6.45) is -0.580. The van der Waals surface area contributed by atoms with Crippen LogP contribution in [0.3, 0.4) is 0 Å². The summed E-state index contributed by atoms with van der Waals surface area (Å²) >= 11 is 5.81. The van der Waals surface area contributed by atoms with Crippen molar-refractivity contribution in [2.75, 3.05) is 11.9 Å². The number of amides is 2. The number of aliphatic hydroxyl groups excluding tert-OH is 1. The average Bonchev–Trinajstić information content (AvgIpc) is 2.43. The molecule has 0 fully saturated rings. The van der Waals surface area contributed by atoms with Crippen molar-refractivity contribution in [1.82, 2.24) is 5.32 Å². The molecule has 0 aliphatic rings. The van der Waals surface area contributed by atoms with Gasteiger partial charge in [-0.1, -0.05) is 45.4 Å². The lowest BCUT2D eigenvalue weighted by atomic mass is 9.81. The zero-order chi connectivity index (χ0) is 16.9. The molecule has 0 saturated heterocycles. The summed E-state index contributed by atoms with van der Waals surface area (Å²) in [7, 11) is 0. The summed E-state index contributed by atoms with van der Waals surface area (Å²) in [5, 5.41) is 15.6. The molecule has 0 saturated carbocycles. The quantitative estimate of drug-likeness (QED) is 0.727. The fourth-order valence-corrected chi connectivity index (χ4v) is 2.34. The van der Waals surface area contributed by atoms with Crippen molar-refractivity contribution in [2.24, 2.45) is 11.3 Å². The second-order valence-corrected chi connectivity index (χ2v) is 6.76. The fourth-order valence-electron chi connectivity index (χ4n) is 2.15. The van der Waals surface area contributed by atoms with Crippen LogP contribution in [-0.2, 0) is 9.59 Å². The number of aliphatic hydroxyl groups is 1. The predicted octanol–water partition coefficient (Wildman–Crippen LogP) is 2.44. The van der Waals surface area contributed by atoms with Gasteiger partial charge in [0.1, 0.15) is 0 Å². The molecule has 5 nitrogen and oxygen atoms in total. The molecule has 122 valence electrons. The maximum absolute atomic E-state index is 11.8. The molecule has 22 heavy (non-hydrogen) atoms. The van der Waals surface area contributed by atoms with Gasteiger partial charge in [-0.05, 0) is 24.1 Å². The second kappa shape index (κ2) is 7.61. The summed E-state index contributed by atoms with van der Waals surface area (Å²) < 4.78 is 0. The molecule has 0 aliphatic heterocycles. The van der Waals surface area contributed by atoms with E-state index in [1.54, 1.807) is 24.3 Å². The summed E-state index contributed by atoms with van der Waals surface area (Å²) in [4.78, 5) is 23.6. The standard InChI is InChI=1S/C16H23ClN2O3/c1-10(2)13(20)16(3,4)9-18-14(21)15(22)19-12-7-5-6-11(17)8-12/h5-8,10,13,20H,9H2,1-4H3,(H,18,21)(H,19,22). The van der Waals surface area contributed by atoms with E-state index in [4.69, 9.17) is 11.6 Å². The van der Waals surface area contributed by atoms with E-state index in [1.165, 1.54) is 0 Å². The van der Waals surface area contributed by atoms with Crippen LogP contribution >= 0.6 is 11.6 Å². The average molecular weight is 327 g/mol. The van der Waals surface area contributed by atoms with Crippen molar-refractivity contribution in [1.29, 1.82) is 0 Å². The first-order valence-corrected chi connectivity index (χ1v) is 7.54. The SMILES string of the molecule is CC(C)C(O)C(C)(C)CNC(=O)C(=O)Nc1cccc(Cl)c1. The van der Waals surface area contributed by atoms with Crippen LogP contribution < -0.4 is 10.6 Å². The van der Waals surface area contributed by atoms with Gasteiger partial charge in [-0.2, -0.15) is 0 Å². The maximum Gasteiger partial charge on any atom is 0.313 e. The van der Waals surface area contributed by atoms with Crippen LogP contribution in [0.15, 0.2) is 24.3 Å². The highest BCUT2D eigenvalue weighted by molar-refractivity contribution is 6.39. The molecule has 6 heteroatoms. The van der Waals surface area contributed by atoms with Gasteiger partial charge in [0.05, 0.1) is 6.10 Å². The van der Waals surface area contributed by atoms with E-state index in [9.17, 15) is 14.7 Å². The van der Waals surface area contributed by atoms with Crippen molar-refractivity contribution < 1.29 is 14.7 Å². The molecule has 0 aromatic heterocycles. The fraction of sp³-hybridized carbons (Fsp3) is 0.500. The first-order valence-electron chi connectivity index (χ1n) is 7.16. The number of hydrogen-bond donors (Lipinski definition) is 3.